The van der Waals surface area contributed by atoms with E-state index in [0.717, 1.165) is 16.7 Å². The Labute approximate surface area is 104 Å². The third-order valence-corrected chi connectivity index (χ3v) is 3.47. The first kappa shape index (κ1) is 11.6. The summed E-state index contributed by atoms with van der Waals surface area (Å²) in [5.74, 6) is -0.852. The Morgan fingerprint density at radius 1 is 1.41 bits per heavy atom. The van der Waals surface area contributed by atoms with Gasteiger partial charge in [-0.25, -0.2) is 4.79 Å². The first-order valence-electron chi connectivity index (χ1n) is 5.21. The average Bonchev–Trinajstić information content (AvgIpc) is 2.77. The molecule has 0 bridgehead atoms. The van der Waals surface area contributed by atoms with Gasteiger partial charge in [0, 0.05) is 0 Å². The summed E-state index contributed by atoms with van der Waals surface area (Å²) < 4.78 is 0. The van der Waals surface area contributed by atoms with Crippen molar-refractivity contribution in [3.05, 3.63) is 63.9 Å². The highest BCUT2D eigenvalue weighted by atomic mass is 32.1. The molecular formula is C14H12O2S. The molecule has 1 aromatic heterocycles. The largest absolute Gasteiger partial charge is 0.477 e. The molecule has 0 radical (unpaired) electrons. The molecule has 0 fully saturated rings. The van der Waals surface area contributed by atoms with Crippen molar-refractivity contribution in [3.8, 4) is 0 Å². The molecule has 0 aliphatic carbocycles. The monoisotopic (exact) mass is 244 g/mol. The molecule has 17 heavy (non-hydrogen) atoms. The molecule has 2 rings (SSSR count). The summed E-state index contributed by atoms with van der Waals surface area (Å²) in [5.41, 5.74) is 3.02. The fraction of sp³-hybridized carbons (Fsp3) is 0.0714. The van der Waals surface area contributed by atoms with Crippen LogP contribution in [0.4, 0.5) is 0 Å². The fourth-order valence-electron chi connectivity index (χ4n) is 1.71. The number of carboxylic acid groups (broad SMARTS) is 1. The molecule has 0 amide bonds. The quantitative estimate of drug-likeness (QED) is 0.890. The highest BCUT2D eigenvalue weighted by Gasteiger charge is 2.11. The number of hydrogen-bond acceptors (Lipinski definition) is 2. The summed E-state index contributed by atoms with van der Waals surface area (Å²) in [6, 6.07) is 9.82. The highest BCUT2D eigenvalue weighted by Crippen LogP contribution is 2.20. The number of benzene rings is 1. The van der Waals surface area contributed by atoms with Crippen LogP contribution in [0.25, 0.3) is 6.08 Å². The van der Waals surface area contributed by atoms with Gasteiger partial charge in [0.05, 0.1) is 0 Å². The van der Waals surface area contributed by atoms with E-state index in [2.05, 4.69) is 6.58 Å². The molecular weight excluding hydrogens is 232 g/mol. The van der Waals surface area contributed by atoms with Gasteiger partial charge < -0.3 is 5.11 Å². The third-order valence-electron chi connectivity index (χ3n) is 2.52. The van der Waals surface area contributed by atoms with E-state index in [1.165, 1.54) is 11.3 Å². The van der Waals surface area contributed by atoms with Crippen LogP contribution in [0.3, 0.4) is 0 Å². The Hall–Kier alpha value is -1.87. The van der Waals surface area contributed by atoms with E-state index in [-0.39, 0.29) is 0 Å². The van der Waals surface area contributed by atoms with Crippen LogP contribution in [-0.4, -0.2) is 11.1 Å². The molecule has 1 aromatic carbocycles. The number of aromatic carboxylic acids is 1. The lowest BCUT2D eigenvalue weighted by atomic mass is 10.0. The Balaban J connectivity index is 2.28. The Bertz CT molecular complexity index is 555. The molecule has 0 saturated carbocycles. The van der Waals surface area contributed by atoms with Crippen molar-refractivity contribution in [1.29, 1.82) is 0 Å². The predicted molar refractivity (Wildman–Crippen MR) is 70.6 cm³/mol. The Kier molecular flexibility index (Phi) is 3.40. The van der Waals surface area contributed by atoms with E-state index in [1.807, 2.05) is 35.7 Å². The van der Waals surface area contributed by atoms with Crippen LogP contribution in [0.15, 0.2) is 42.3 Å². The normalized spacial score (nSPS) is 10.1. The summed E-state index contributed by atoms with van der Waals surface area (Å²) in [4.78, 5) is 11.4. The molecule has 0 atom stereocenters. The maximum atomic E-state index is 11.0. The van der Waals surface area contributed by atoms with Gasteiger partial charge in [-0.1, -0.05) is 36.9 Å². The van der Waals surface area contributed by atoms with E-state index >= 15 is 0 Å². The molecule has 1 N–H and O–H groups in total. The Morgan fingerprint density at radius 2 is 2.24 bits per heavy atom. The summed E-state index contributed by atoms with van der Waals surface area (Å²) >= 11 is 1.27. The fourth-order valence-corrected chi connectivity index (χ4v) is 2.47. The van der Waals surface area contributed by atoms with Crippen LogP contribution < -0.4 is 0 Å². The maximum Gasteiger partial charge on any atom is 0.346 e. The minimum atomic E-state index is -0.852. The molecule has 0 aliphatic rings. The first-order valence-corrected chi connectivity index (χ1v) is 6.09. The molecule has 1 heterocycles. The predicted octanol–water partition coefficient (Wildman–Crippen LogP) is 3.68. The van der Waals surface area contributed by atoms with Gasteiger partial charge in [-0.15, -0.1) is 11.3 Å². The van der Waals surface area contributed by atoms with Gasteiger partial charge in [-0.05, 0) is 34.6 Å². The minimum Gasteiger partial charge on any atom is -0.477 e. The Morgan fingerprint density at radius 3 is 2.94 bits per heavy atom. The van der Waals surface area contributed by atoms with Crippen molar-refractivity contribution < 1.29 is 9.90 Å². The van der Waals surface area contributed by atoms with Crippen molar-refractivity contribution in [2.24, 2.45) is 0 Å². The SMILES string of the molecule is C=Cc1cccc(Cc2ccsc2C(=O)O)c1. The van der Waals surface area contributed by atoms with Crippen LogP contribution in [0.5, 0.6) is 0 Å². The van der Waals surface area contributed by atoms with Gasteiger partial charge in [0.15, 0.2) is 0 Å². The average molecular weight is 244 g/mol. The van der Waals surface area contributed by atoms with E-state index in [4.69, 9.17) is 5.11 Å². The lowest BCUT2D eigenvalue weighted by Crippen LogP contribution is -1.98. The molecule has 2 aromatic rings. The zero-order valence-corrected chi connectivity index (χ0v) is 10.0. The molecule has 0 unspecified atom stereocenters. The summed E-state index contributed by atoms with van der Waals surface area (Å²) in [7, 11) is 0. The van der Waals surface area contributed by atoms with Crippen LogP contribution >= 0.6 is 11.3 Å². The number of carboxylic acids is 1. The maximum absolute atomic E-state index is 11.0. The van der Waals surface area contributed by atoms with Gasteiger partial charge in [-0.3, -0.25) is 0 Å². The topological polar surface area (TPSA) is 37.3 Å². The second-order valence-electron chi connectivity index (χ2n) is 3.71. The minimum absolute atomic E-state index is 0.425. The van der Waals surface area contributed by atoms with Crippen molar-refractivity contribution in [3.63, 3.8) is 0 Å². The van der Waals surface area contributed by atoms with Crippen LogP contribution in [0, 0.1) is 0 Å². The molecule has 3 heteroatoms. The van der Waals surface area contributed by atoms with Crippen molar-refractivity contribution >= 4 is 23.4 Å². The van der Waals surface area contributed by atoms with Crippen LogP contribution in [-0.2, 0) is 6.42 Å². The van der Waals surface area contributed by atoms with Crippen molar-refractivity contribution in [2.45, 2.75) is 6.42 Å². The lowest BCUT2D eigenvalue weighted by molar-refractivity contribution is 0.0701. The third kappa shape index (κ3) is 2.63. The van der Waals surface area contributed by atoms with Gasteiger partial charge in [0.1, 0.15) is 4.88 Å². The molecule has 0 spiro atoms. The molecule has 0 saturated heterocycles. The van der Waals surface area contributed by atoms with Crippen molar-refractivity contribution in [1.82, 2.24) is 0 Å². The van der Waals surface area contributed by atoms with E-state index in [0.29, 0.717) is 11.3 Å². The van der Waals surface area contributed by atoms with Crippen molar-refractivity contribution in [2.75, 3.05) is 0 Å². The summed E-state index contributed by atoms with van der Waals surface area (Å²) in [5, 5.41) is 10.8. The summed E-state index contributed by atoms with van der Waals surface area (Å²) in [6.45, 7) is 3.72. The molecule has 0 aliphatic heterocycles. The van der Waals surface area contributed by atoms with E-state index < -0.39 is 5.97 Å². The molecule has 86 valence electrons. The van der Waals surface area contributed by atoms with Crippen LogP contribution in [0.1, 0.15) is 26.4 Å². The van der Waals surface area contributed by atoms with Crippen LogP contribution in [0.2, 0.25) is 0 Å². The number of carbonyl (C=O) groups is 1. The highest BCUT2D eigenvalue weighted by molar-refractivity contribution is 7.12. The second-order valence-corrected chi connectivity index (χ2v) is 4.62. The van der Waals surface area contributed by atoms with Gasteiger partial charge >= 0.3 is 5.97 Å². The number of thiophene rings is 1. The van der Waals surface area contributed by atoms with E-state index in [9.17, 15) is 4.79 Å². The zero-order chi connectivity index (χ0) is 12.3. The standard InChI is InChI=1S/C14H12O2S/c1-2-10-4-3-5-11(8-10)9-12-6-7-17-13(12)14(15)16/h2-8H,1,9H2,(H,15,16). The zero-order valence-electron chi connectivity index (χ0n) is 9.22. The smallest absolute Gasteiger partial charge is 0.346 e. The van der Waals surface area contributed by atoms with Gasteiger partial charge in [0.2, 0.25) is 0 Å². The number of hydrogen-bond donors (Lipinski definition) is 1. The lowest BCUT2D eigenvalue weighted by Gasteiger charge is -2.02. The van der Waals surface area contributed by atoms with Gasteiger partial charge in [-0.2, -0.15) is 0 Å². The number of rotatable bonds is 4. The molecule has 2 nitrogen and oxygen atoms in total. The van der Waals surface area contributed by atoms with Gasteiger partial charge in [0.25, 0.3) is 0 Å². The first-order chi connectivity index (χ1) is 8.20. The van der Waals surface area contributed by atoms with E-state index in [1.54, 1.807) is 6.08 Å². The second kappa shape index (κ2) is 4.97. The summed E-state index contributed by atoms with van der Waals surface area (Å²) in [6.07, 6.45) is 2.43.